The molecule has 7 aromatic rings. The quantitative estimate of drug-likeness (QED) is 0.130. The number of benzene rings is 5. The van der Waals surface area contributed by atoms with E-state index in [4.69, 9.17) is 4.74 Å². The van der Waals surface area contributed by atoms with Crippen LogP contribution in [0.2, 0.25) is 0 Å². The molecule has 9 atom stereocenters. The van der Waals surface area contributed by atoms with Gasteiger partial charge in [-0.2, -0.15) is 0 Å². The number of methoxy groups -OCH3 is 1. The normalized spacial score (nSPS) is 36.6. The molecule has 3 saturated carbocycles. The lowest BCUT2D eigenvalue weighted by molar-refractivity contribution is -0.140. The minimum absolute atomic E-state index is 0.00662. The first kappa shape index (κ1) is 27.2. The molecular weight excluding hydrogens is 693 g/mol. The van der Waals surface area contributed by atoms with Crippen molar-refractivity contribution in [3.63, 3.8) is 0 Å². The Labute approximate surface area is 327 Å². The Morgan fingerprint density at radius 1 is 0.772 bits per heavy atom. The molecule has 0 N–H and O–H groups in total. The zero-order valence-corrected chi connectivity index (χ0v) is 31.5. The van der Waals surface area contributed by atoms with Gasteiger partial charge in [0.2, 0.25) is 0 Å². The van der Waals surface area contributed by atoms with Crippen LogP contribution in [0.15, 0.2) is 112 Å². The van der Waals surface area contributed by atoms with E-state index in [1.165, 1.54) is 28.0 Å². The van der Waals surface area contributed by atoms with Crippen molar-refractivity contribution in [2.24, 2.45) is 28.6 Å². The Morgan fingerprint density at radius 3 is 2.60 bits per heavy atom. The fourth-order valence-electron chi connectivity index (χ4n) is 19.3. The molecule has 0 aromatic heterocycles. The summed E-state index contributed by atoms with van der Waals surface area (Å²) in [5.41, 5.74) is 23.9. The lowest BCUT2D eigenvalue weighted by atomic mass is 9.55. The van der Waals surface area contributed by atoms with Crippen LogP contribution in [-0.2, 0) is 21.4 Å². The second-order valence-corrected chi connectivity index (χ2v) is 20.6. The fourth-order valence-corrected chi connectivity index (χ4v) is 19.3. The van der Waals surface area contributed by atoms with Crippen molar-refractivity contribution in [1.29, 1.82) is 0 Å². The molecule has 2 heteroatoms. The smallest absolute Gasteiger partial charge is 0.305 e. The summed E-state index contributed by atoms with van der Waals surface area (Å²) in [7, 11) is 1.57. The van der Waals surface area contributed by atoms with E-state index in [0.717, 1.165) is 25.7 Å². The maximum atomic E-state index is 13.1. The van der Waals surface area contributed by atoms with Crippen LogP contribution in [0.3, 0.4) is 0 Å². The number of ether oxygens (including phenoxy) is 1. The number of esters is 1. The molecular formula is C55H34O2. The van der Waals surface area contributed by atoms with E-state index in [2.05, 4.69) is 78.9 Å². The SMILES string of the molecule is COC(=O)CCCC1(c2ccc3ccccc3c2)C23C4=CC5=C6C7=C8C9=C(C62)C2c6c%10c%11c(cc%12cc%13cc%14c%15c(c9c6c(c%13%15)c%12%10)C8C(C=C7C5)C%14)=CC(C4)C%11C213. The van der Waals surface area contributed by atoms with Gasteiger partial charge in [-0.3, -0.25) is 4.79 Å². The largest absolute Gasteiger partial charge is 0.469 e. The Morgan fingerprint density at radius 2 is 1.67 bits per heavy atom. The molecule has 0 aliphatic heterocycles. The lowest BCUT2D eigenvalue weighted by Gasteiger charge is -2.47. The summed E-state index contributed by atoms with van der Waals surface area (Å²) >= 11 is 0. The molecule has 0 bridgehead atoms. The van der Waals surface area contributed by atoms with Crippen LogP contribution in [-0.4, -0.2) is 13.1 Å². The zero-order valence-electron chi connectivity index (χ0n) is 31.5. The first-order valence-corrected chi connectivity index (χ1v) is 21.9. The summed E-state index contributed by atoms with van der Waals surface area (Å²) in [6.07, 6.45) is 14.2. The summed E-state index contributed by atoms with van der Waals surface area (Å²) in [4.78, 5) is 13.1. The van der Waals surface area contributed by atoms with Crippen molar-refractivity contribution in [2.75, 3.05) is 7.11 Å². The van der Waals surface area contributed by atoms with Gasteiger partial charge in [0.25, 0.3) is 0 Å². The second kappa shape index (κ2) is 7.50. The Hall–Kier alpha value is -5.47. The van der Waals surface area contributed by atoms with Crippen LogP contribution in [0.4, 0.5) is 0 Å². The van der Waals surface area contributed by atoms with Gasteiger partial charge in [0, 0.05) is 46.3 Å². The molecule has 19 rings (SSSR count). The molecule has 0 heterocycles. The average molecular weight is 727 g/mol. The standard InChI is InChI=1S/C55H34O2/c1-57-33(56)7-4-10-53(31-9-8-21-5-2-3-6-22(21)18-31)54-32-19-29-16-25-14-26-12-23-11-24-13-27-15-28-17-30(20-32)50-40(28)44-38(27)42-35(24)34(23)41-37(26)43-36(25)39(29)51(54)49-47(43)45(41)46(42)48(44)52(49)55(50,53)54/h2-3,5-6,8-9,11,13-15,17-19,26,30,37,50-52H,4,7,10,12,16,20H2,1H3. The van der Waals surface area contributed by atoms with E-state index in [-0.39, 0.29) is 22.2 Å². The predicted molar refractivity (Wildman–Crippen MR) is 224 cm³/mol. The van der Waals surface area contributed by atoms with Crippen LogP contribution in [0, 0.1) is 28.6 Å². The molecule has 12 aliphatic carbocycles. The third kappa shape index (κ3) is 2.09. The van der Waals surface area contributed by atoms with Gasteiger partial charge in [0.1, 0.15) is 0 Å². The highest BCUT2D eigenvalue weighted by molar-refractivity contribution is 6.40. The van der Waals surface area contributed by atoms with E-state index in [1.807, 2.05) is 5.57 Å². The van der Waals surface area contributed by atoms with Crippen molar-refractivity contribution < 1.29 is 9.53 Å². The first-order chi connectivity index (χ1) is 28.1. The van der Waals surface area contributed by atoms with Gasteiger partial charge in [-0.25, -0.2) is 0 Å². The molecule has 0 radical (unpaired) electrons. The minimum Gasteiger partial charge on any atom is -0.469 e. The summed E-state index contributed by atoms with van der Waals surface area (Å²) in [6.45, 7) is 0. The highest BCUT2D eigenvalue weighted by Crippen LogP contribution is 3.04. The van der Waals surface area contributed by atoms with E-state index in [1.54, 1.807) is 117 Å². The van der Waals surface area contributed by atoms with Crippen LogP contribution in [0.5, 0.6) is 0 Å². The van der Waals surface area contributed by atoms with E-state index in [9.17, 15) is 4.79 Å². The number of carbonyl (C=O) groups is 1. The summed E-state index contributed by atoms with van der Waals surface area (Å²) in [6, 6.07) is 24.6. The van der Waals surface area contributed by atoms with Gasteiger partial charge in [0.05, 0.1) is 7.11 Å². The number of fused-ring (bicyclic) bond motifs is 1. The summed E-state index contributed by atoms with van der Waals surface area (Å²) in [5.74, 6) is 2.74. The number of hydrogen-bond acceptors (Lipinski definition) is 2. The van der Waals surface area contributed by atoms with E-state index >= 15 is 0 Å². The van der Waals surface area contributed by atoms with Crippen molar-refractivity contribution in [1.82, 2.24) is 0 Å². The highest BCUT2D eigenvalue weighted by Gasteiger charge is 3.00. The fraction of sp³-hybridized carbons (Fsp3) is 0.291. The van der Waals surface area contributed by atoms with Crippen LogP contribution >= 0.6 is 0 Å². The third-order valence-electron chi connectivity index (χ3n) is 19.7. The molecule has 266 valence electrons. The summed E-state index contributed by atoms with van der Waals surface area (Å²) < 4.78 is 5.37. The second-order valence-electron chi connectivity index (χ2n) is 20.6. The average Bonchev–Trinajstić information content (AvgIpc) is 3.94. The van der Waals surface area contributed by atoms with Crippen LogP contribution in [0.25, 0.3) is 65.5 Å². The molecule has 2 nitrogen and oxygen atoms in total. The molecule has 3 fully saturated rings. The van der Waals surface area contributed by atoms with Gasteiger partial charge in [-0.1, -0.05) is 72.3 Å². The first-order valence-electron chi connectivity index (χ1n) is 21.9. The van der Waals surface area contributed by atoms with Gasteiger partial charge in [0.15, 0.2) is 0 Å². The number of hydrogen-bond donors (Lipinski definition) is 0. The van der Waals surface area contributed by atoms with Gasteiger partial charge in [-0.05, 0) is 188 Å². The van der Waals surface area contributed by atoms with Gasteiger partial charge >= 0.3 is 5.97 Å². The zero-order chi connectivity index (χ0) is 36.1. The molecule has 0 amide bonds. The topological polar surface area (TPSA) is 26.3 Å². The Bertz CT molecular complexity index is 3690. The third-order valence-corrected chi connectivity index (χ3v) is 19.7. The Kier molecular flexibility index (Phi) is 3.58. The number of carbonyl (C=O) groups excluding carboxylic acids is 1. The van der Waals surface area contributed by atoms with Crippen molar-refractivity contribution >= 4 is 71.5 Å². The van der Waals surface area contributed by atoms with Gasteiger partial charge < -0.3 is 4.74 Å². The van der Waals surface area contributed by atoms with E-state index < -0.39 is 0 Å². The van der Waals surface area contributed by atoms with E-state index in [0.29, 0.717) is 41.9 Å². The van der Waals surface area contributed by atoms with Gasteiger partial charge in [-0.15, -0.1) is 0 Å². The summed E-state index contributed by atoms with van der Waals surface area (Å²) in [5, 5.41) is 17.1. The van der Waals surface area contributed by atoms with Crippen LogP contribution < -0.4 is 5.22 Å². The number of allylic oxidation sites excluding steroid dienone is 10. The molecule has 57 heavy (non-hydrogen) atoms. The highest BCUT2D eigenvalue weighted by atomic mass is 16.5. The van der Waals surface area contributed by atoms with Crippen molar-refractivity contribution in [3.05, 3.63) is 150 Å². The molecule has 7 aromatic carbocycles. The van der Waals surface area contributed by atoms with Crippen molar-refractivity contribution in [2.45, 2.75) is 61.7 Å². The monoisotopic (exact) mass is 726 g/mol. The maximum Gasteiger partial charge on any atom is 0.305 e. The molecule has 2 spiro atoms. The predicted octanol–water partition coefficient (Wildman–Crippen LogP) is 10.9. The maximum absolute atomic E-state index is 13.1. The molecule has 0 saturated heterocycles. The number of rotatable bonds is 5. The molecule has 9 unspecified atom stereocenters. The lowest BCUT2D eigenvalue weighted by Crippen LogP contribution is -2.38. The van der Waals surface area contributed by atoms with Crippen molar-refractivity contribution in [3.8, 4) is 0 Å². The molecule has 12 aliphatic rings. The minimum atomic E-state index is -0.105. The van der Waals surface area contributed by atoms with Crippen LogP contribution in [0.1, 0.15) is 83.2 Å². The Balaban J connectivity index is 1.07.